The van der Waals surface area contributed by atoms with Crippen molar-refractivity contribution in [1.29, 1.82) is 0 Å². The summed E-state index contributed by atoms with van der Waals surface area (Å²) in [5, 5.41) is 1.08. The molecule has 0 unspecified atom stereocenters. The van der Waals surface area contributed by atoms with Crippen LogP contribution in [0.1, 0.15) is 32.1 Å². The minimum absolute atomic E-state index is 0.454. The molecule has 1 fully saturated rings. The Morgan fingerprint density at radius 1 is 1.17 bits per heavy atom. The predicted octanol–water partition coefficient (Wildman–Crippen LogP) is 5.82. The zero-order valence-electron chi connectivity index (χ0n) is 16.6. The number of para-hydroxylation sites is 1. The van der Waals surface area contributed by atoms with Gasteiger partial charge in [0, 0.05) is 11.8 Å². The van der Waals surface area contributed by atoms with Crippen molar-refractivity contribution in [2.24, 2.45) is 5.92 Å². The van der Waals surface area contributed by atoms with Gasteiger partial charge in [-0.2, -0.15) is 0 Å². The zero-order valence-corrected chi connectivity index (χ0v) is 18.1. The van der Waals surface area contributed by atoms with Gasteiger partial charge in [-0.25, -0.2) is 9.97 Å². The lowest BCUT2D eigenvalue weighted by atomic mass is 9.92. The minimum Gasteiger partial charge on any atom is -0.477 e. The van der Waals surface area contributed by atoms with Gasteiger partial charge in [-0.3, -0.25) is 0 Å². The highest BCUT2D eigenvalue weighted by Crippen LogP contribution is 2.34. The van der Waals surface area contributed by atoms with Crippen molar-refractivity contribution < 1.29 is 4.74 Å². The third kappa shape index (κ3) is 4.85. The van der Waals surface area contributed by atoms with Crippen LogP contribution in [0.5, 0.6) is 5.88 Å². The molecule has 29 heavy (non-hydrogen) atoms. The first-order valence-corrected chi connectivity index (χ1v) is 11.0. The number of unbranched alkanes of at least 4 members (excludes halogenated alkanes) is 1. The first kappa shape index (κ1) is 20.5. The molecule has 5 nitrogen and oxygen atoms in total. The van der Waals surface area contributed by atoms with Crippen molar-refractivity contribution in [1.82, 2.24) is 19.9 Å². The molecule has 1 aromatic carbocycles. The highest BCUT2D eigenvalue weighted by Gasteiger charge is 2.17. The Balaban J connectivity index is 1.35. The van der Waals surface area contributed by atoms with E-state index in [0.717, 1.165) is 28.9 Å². The second-order valence-corrected chi connectivity index (χ2v) is 8.58. The van der Waals surface area contributed by atoms with Crippen LogP contribution in [0.15, 0.2) is 30.5 Å². The summed E-state index contributed by atoms with van der Waals surface area (Å²) in [6, 6.07) is 7.49. The Morgan fingerprint density at radius 3 is 2.79 bits per heavy atom. The Kier molecular flexibility index (Phi) is 6.58. The summed E-state index contributed by atoms with van der Waals surface area (Å²) in [5.41, 5.74) is 2.36. The quantitative estimate of drug-likeness (QED) is 0.477. The molecule has 7 heteroatoms. The van der Waals surface area contributed by atoms with Crippen molar-refractivity contribution in [3.05, 3.63) is 40.5 Å². The number of rotatable bonds is 7. The largest absolute Gasteiger partial charge is 0.477 e. The van der Waals surface area contributed by atoms with Crippen LogP contribution in [-0.2, 0) is 0 Å². The van der Waals surface area contributed by atoms with Crippen LogP contribution in [0, 0.1) is 5.92 Å². The topological polar surface area (TPSA) is 54.0 Å². The van der Waals surface area contributed by atoms with Crippen molar-refractivity contribution in [2.75, 3.05) is 26.7 Å². The van der Waals surface area contributed by atoms with Crippen molar-refractivity contribution >= 4 is 34.2 Å². The van der Waals surface area contributed by atoms with Crippen LogP contribution in [0.2, 0.25) is 10.0 Å². The summed E-state index contributed by atoms with van der Waals surface area (Å²) in [6.07, 6.45) is 7.78. The summed E-state index contributed by atoms with van der Waals surface area (Å²) < 4.78 is 5.88. The number of nitrogens with one attached hydrogen (secondary N) is 1. The Morgan fingerprint density at radius 2 is 2.00 bits per heavy atom. The van der Waals surface area contributed by atoms with Gasteiger partial charge >= 0.3 is 0 Å². The number of ether oxygens (including phenoxy) is 1. The maximum Gasteiger partial charge on any atom is 0.233 e. The fraction of sp³-hybridized carbons (Fsp3) is 0.455. The van der Waals surface area contributed by atoms with Gasteiger partial charge in [0.1, 0.15) is 16.4 Å². The average molecular weight is 433 g/mol. The van der Waals surface area contributed by atoms with E-state index in [0.29, 0.717) is 28.4 Å². The molecule has 0 spiro atoms. The fourth-order valence-electron chi connectivity index (χ4n) is 3.89. The fourth-order valence-corrected chi connectivity index (χ4v) is 4.36. The molecular formula is C22H26Cl2N4O. The summed E-state index contributed by atoms with van der Waals surface area (Å²) >= 11 is 12.8. The lowest BCUT2D eigenvalue weighted by molar-refractivity contribution is 0.205. The lowest BCUT2D eigenvalue weighted by Crippen LogP contribution is -2.30. The van der Waals surface area contributed by atoms with Crippen LogP contribution in [0.3, 0.4) is 0 Å². The third-order valence-corrected chi connectivity index (χ3v) is 6.33. The monoisotopic (exact) mass is 432 g/mol. The van der Waals surface area contributed by atoms with Gasteiger partial charge in [-0.1, -0.05) is 35.7 Å². The molecule has 0 saturated carbocycles. The van der Waals surface area contributed by atoms with E-state index in [1.165, 1.54) is 38.8 Å². The molecule has 154 valence electrons. The lowest BCUT2D eigenvalue weighted by Gasteiger charge is -2.28. The standard InChI is InChI=1S/C22H26Cl2N4O/c1-28-12-9-15(10-13-28)5-2-3-14-29-22-19(24)16(8-11-25-22)21-26-18-7-4-6-17(23)20(18)27-21/h4,6-8,11,15H,2-3,5,9-10,12-14H2,1H3,(H,26,27). The van der Waals surface area contributed by atoms with E-state index >= 15 is 0 Å². The molecule has 0 aliphatic carbocycles. The number of imidazole rings is 1. The molecule has 4 rings (SSSR count). The van der Waals surface area contributed by atoms with E-state index in [4.69, 9.17) is 27.9 Å². The normalized spacial score (nSPS) is 15.8. The highest BCUT2D eigenvalue weighted by atomic mass is 35.5. The molecule has 3 heterocycles. The Labute approximate surface area is 181 Å². The van der Waals surface area contributed by atoms with Gasteiger partial charge in [0.25, 0.3) is 0 Å². The Hall–Kier alpha value is -1.82. The van der Waals surface area contributed by atoms with E-state index in [-0.39, 0.29) is 0 Å². The Bertz CT molecular complexity index is 967. The number of aromatic nitrogens is 3. The number of fused-ring (bicyclic) bond motifs is 1. The molecule has 3 aromatic rings. The molecular weight excluding hydrogens is 407 g/mol. The SMILES string of the molecule is CN1CCC(CCCCOc2nccc(-c3nc4c(Cl)cccc4[nH]3)c2Cl)CC1. The predicted molar refractivity (Wildman–Crippen MR) is 119 cm³/mol. The van der Waals surface area contributed by atoms with Gasteiger partial charge in [-0.15, -0.1) is 0 Å². The maximum absolute atomic E-state index is 6.57. The second-order valence-electron chi connectivity index (χ2n) is 7.79. The maximum atomic E-state index is 6.57. The van der Waals surface area contributed by atoms with Gasteiger partial charge in [0.05, 0.1) is 17.1 Å². The zero-order chi connectivity index (χ0) is 20.2. The number of halogens is 2. The van der Waals surface area contributed by atoms with E-state index in [9.17, 15) is 0 Å². The van der Waals surface area contributed by atoms with Gasteiger partial charge in [-0.05, 0) is 69.9 Å². The summed E-state index contributed by atoms with van der Waals surface area (Å²) in [6.45, 7) is 3.07. The summed E-state index contributed by atoms with van der Waals surface area (Å²) in [7, 11) is 2.20. The van der Waals surface area contributed by atoms with Crippen LogP contribution in [0.25, 0.3) is 22.4 Å². The molecule has 1 saturated heterocycles. The number of pyridine rings is 1. The molecule has 0 amide bonds. The highest BCUT2D eigenvalue weighted by molar-refractivity contribution is 6.35. The number of hydrogen-bond donors (Lipinski definition) is 1. The first-order chi connectivity index (χ1) is 14.1. The van der Waals surface area contributed by atoms with Gasteiger partial charge in [0.15, 0.2) is 0 Å². The van der Waals surface area contributed by atoms with Crippen molar-refractivity contribution in [2.45, 2.75) is 32.1 Å². The average Bonchev–Trinajstić information content (AvgIpc) is 3.16. The van der Waals surface area contributed by atoms with E-state index in [2.05, 4.69) is 26.9 Å². The molecule has 0 radical (unpaired) electrons. The van der Waals surface area contributed by atoms with E-state index < -0.39 is 0 Å². The number of likely N-dealkylation sites (tertiary alicyclic amines) is 1. The smallest absolute Gasteiger partial charge is 0.233 e. The molecule has 0 atom stereocenters. The second kappa shape index (κ2) is 9.33. The van der Waals surface area contributed by atoms with Crippen LogP contribution < -0.4 is 4.74 Å². The number of aromatic amines is 1. The number of hydrogen-bond acceptors (Lipinski definition) is 4. The number of benzene rings is 1. The first-order valence-electron chi connectivity index (χ1n) is 10.2. The summed E-state index contributed by atoms with van der Waals surface area (Å²) in [5.74, 6) is 1.97. The van der Waals surface area contributed by atoms with Crippen LogP contribution in [0.4, 0.5) is 0 Å². The molecule has 1 aliphatic rings. The molecule has 0 bridgehead atoms. The van der Waals surface area contributed by atoms with Crippen molar-refractivity contribution in [3.8, 4) is 17.3 Å². The summed E-state index contributed by atoms with van der Waals surface area (Å²) in [4.78, 5) is 14.6. The van der Waals surface area contributed by atoms with Gasteiger partial charge in [0.2, 0.25) is 5.88 Å². The van der Waals surface area contributed by atoms with Crippen molar-refractivity contribution in [3.63, 3.8) is 0 Å². The molecule has 2 aromatic heterocycles. The van der Waals surface area contributed by atoms with Gasteiger partial charge < -0.3 is 14.6 Å². The number of piperidine rings is 1. The molecule has 1 aliphatic heterocycles. The number of nitrogens with zero attached hydrogens (tertiary/aromatic N) is 3. The number of H-pyrrole nitrogens is 1. The van der Waals surface area contributed by atoms with E-state index in [1.807, 2.05) is 24.3 Å². The molecule has 1 N–H and O–H groups in total. The van der Waals surface area contributed by atoms with Crippen LogP contribution in [-0.4, -0.2) is 46.6 Å². The van der Waals surface area contributed by atoms with Crippen LogP contribution >= 0.6 is 23.2 Å². The van der Waals surface area contributed by atoms with E-state index in [1.54, 1.807) is 6.20 Å². The minimum atomic E-state index is 0.454. The third-order valence-electron chi connectivity index (χ3n) is 5.66.